The predicted octanol–water partition coefficient (Wildman–Crippen LogP) is 2.38. The third-order valence-electron chi connectivity index (χ3n) is 3.59. The molecule has 0 spiro atoms. The summed E-state index contributed by atoms with van der Waals surface area (Å²) in [6.07, 6.45) is 0.700. The quantitative estimate of drug-likeness (QED) is 0.687. The zero-order valence-corrected chi connectivity index (χ0v) is 12.3. The normalized spacial score (nSPS) is 16.2. The van der Waals surface area contributed by atoms with Crippen LogP contribution >= 0.6 is 0 Å². The van der Waals surface area contributed by atoms with Crippen molar-refractivity contribution < 1.29 is 22.4 Å². The molecule has 8 heteroatoms. The highest BCUT2D eigenvalue weighted by molar-refractivity contribution is 5.79. The van der Waals surface area contributed by atoms with Gasteiger partial charge in [0.1, 0.15) is 5.69 Å². The van der Waals surface area contributed by atoms with Gasteiger partial charge in [0.15, 0.2) is 0 Å². The smallest absolute Gasteiger partial charge is 0.253 e. The van der Waals surface area contributed by atoms with Crippen LogP contribution in [0.4, 0.5) is 23.2 Å². The molecule has 4 nitrogen and oxygen atoms in total. The second kappa shape index (κ2) is 6.50. The Morgan fingerprint density at radius 3 is 2.09 bits per heavy atom. The van der Waals surface area contributed by atoms with E-state index in [2.05, 4.69) is 10.3 Å². The average molecular weight is 319 g/mol. The fourth-order valence-corrected chi connectivity index (χ4v) is 2.52. The van der Waals surface area contributed by atoms with Crippen LogP contribution in [0, 0.1) is 29.4 Å². The van der Waals surface area contributed by atoms with E-state index >= 15 is 0 Å². The Balaban J connectivity index is 2.11. The van der Waals surface area contributed by atoms with Gasteiger partial charge < -0.3 is 10.2 Å². The third kappa shape index (κ3) is 3.31. The molecule has 0 aromatic carbocycles. The SMILES string of the molecule is CC(C)NC(=O)C1CCN(c2c(F)c(F)nc(F)c2F)CC1. The topological polar surface area (TPSA) is 45.2 Å². The van der Waals surface area contributed by atoms with Crippen molar-refractivity contribution in [2.24, 2.45) is 5.92 Å². The minimum atomic E-state index is -1.67. The Hall–Kier alpha value is -1.86. The number of hydrogen-bond acceptors (Lipinski definition) is 3. The van der Waals surface area contributed by atoms with Crippen LogP contribution in [0.5, 0.6) is 0 Å². The fourth-order valence-electron chi connectivity index (χ4n) is 2.52. The van der Waals surface area contributed by atoms with E-state index in [-0.39, 0.29) is 31.0 Å². The molecule has 0 atom stereocenters. The van der Waals surface area contributed by atoms with Crippen LogP contribution in [0.1, 0.15) is 26.7 Å². The molecule has 1 aromatic rings. The molecule has 1 saturated heterocycles. The number of amides is 1. The standard InChI is InChI=1S/C14H17F4N3O/c1-7(2)19-14(22)8-3-5-21(6-4-8)11-9(15)12(17)20-13(18)10(11)16/h7-8H,3-6H2,1-2H3,(H,19,22). The summed E-state index contributed by atoms with van der Waals surface area (Å²) < 4.78 is 53.7. The molecule has 0 aliphatic carbocycles. The summed E-state index contributed by atoms with van der Waals surface area (Å²) in [6.45, 7) is 3.93. The number of aromatic nitrogens is 1. The summed E-state index contributed by atoms with van der Waals surface area (Å²) >= 11 is 0. The van der Waals surface area contributed by atoms with Gasteiger partial charge in [-0.3, -0.25) is 4.79 Å². The molecule has 2 rings (SSSR count). The van der Waals surface area contributed by atoms with Gasteiger partial charge in [0.2, 0.25) is 17.5 Å². The largest absolute Gasteiger partial charge is 0.366 e. The Morgan fingerprint density at radius 2 is 1.64 bits per heavy atom. The summed E-state index contributed by atoms with van der Waals surface area (Å²) in [6, 6.07) is 0.00353. The van der Waals surface area contributed by atoms with Gasteiger partial charge in [-0.25, -0.2) is 0 Å². The maximum atomic E-state index is 13.7. The molecule has 1 N–H and O–H groups in total. The second-order valence-electron chi connectivity index (χ2n) is 5.59. The molecular formula is C14H17F4N3O. The molecule has 1 aliphatic rings. The van der Waals surface area contributed by atoms with Crippen molar-refractivity contribution in [3.8, 4) is 0 Å². The Morgan fingerprint density at radius 1 is 1.14 bits per heavy atom. The molecule has 1 amide bonds. The Labute approximate surface area is 125 Å². The lowest BCUT2D eigenvalue weighted by Gasteiger charge is -2.33. The summed E-state index contributed by atoms with van der Waals surface area (Å²) in [5.41, 5.74) is -0.757. The number of rotatable bonds is 3. The summed E-state index contributed by atoms with van der Waals surface area (Å²) in [5, 5.41) is 2.77. The minimum Gasteiger partial charge on any atom is -0.366 e. The summed E-state index contributed by atoms with van der Waals surface area (Å²) in [7, 11) is 0. The number of piperidine rings is 1. The lowest BCUT2D eigenvalue weighted by Crippen LogP contribution is -2.43. The van der Waals surface area contributed by atoms with Gasteiger partial charge in [0.25, 0.3) is 11.9 Å². The van der Waals surface area contributed by atoms with Gasteiger partial charge in [-0.2, -0.15) is 22.5 Å². The first-order valence-electron chi connectivity index (χ1n) is 7.06. The molecule has 1 aromatic heterocycles. The summed E-state index contributed by atoms with van der Waals surface area (Å²) in [5.74, 6) is -6.76. The molecule has 122 valence electrons. The summed E-state index contributed by atoms with van der Waals surface area (Å²) in [4.78, 5) is 15.6. The Bertz CT molecular complexity index is 545. The molecule has 2 heterocycles. The molecule has 1 aliphatic heterocycles. The molecule has 22 heavy (non-hydrogen) atoms. The van der Waals surface area contributed by atoms with Gasteiger partial charge in [-0.1, -0.05) is 0 Å². The van der Waals surface area contributed by atoms with Crippen molar-refractivity contribution >= 4 is 11.6 Å². The monoisotopic (exact) mass is 319 g/mol. The van der Waals surface area contributed by atoms with Crippen LogP contribution in [0.15, 0.2) is 0 Å². The van der Waals surface area contributed by atoms with Crippen molar-refractivity contribution in [2.75, 3.05) is 18.0 Å². The van der Waals surface area contributed by atoms with Crippen molar-refractivity contribution in [2.45, 2.75) is 32.7 Å². The van der Waals surface area contributed by atoms with Crippen LogP contribution < -0.4 is 10.2 Å². The fraction of sp³-hybridized carbons (Fsp3) is 0.571. The first-order valence-corrected chi connectivity index (χ1v) is 7.06. The molecule has 0 saturated carbocycles. The molecule has 1 fully saturated rings. The Kier molecular flexibility index (Phi) is 4.87. The van der Waals surface area contributed by atoms with Gasteiger partial charge in [-0.15, -0.1) is 0 Å². The van der Waals surface area contributed by atoms with E-state index in [1.807, 2.05) is 13.8 Å². The van der Waals surface area contributed by atoms with Gasteiger partial charge >= 0.3 is 0 Å². The number of nitrogens with zero attached hydrogens (tertiary/aromatic N) is 2. The van der Waals surface area contributed by atoms with E-state index in [4.69, 9.17) is 0 Å². The number of pyridine rings is 1. The van der Waals surface area contributed by atoms with Crippen LogP contribution in [-0.4, -0.2) is 30.0 Å². The number of carbonyl (C=O) groups excluding carboxylic acids is 1. The average Bonchev–Trinajstić information content (AvgIpc) is 2.45. The second-order valence-corrected chi connectivity index (χ2v) is 5.59. The van der Waals surface area contributed by atoms with Crippen molar-refractivity contribution in [3.05, 3.63) is 23.5 Å². The van der Waals surface area contributed by atoms with Crippen LogP contribution in [0.25, 0.3) is 0 Å². The first-order chi connectivity index (χ1) is 10.3. The van der Waals surface area contributed by atoms with Crippen LogP contribution in [-0.2, 0) is 4.79 Å². The van der Waals surface area contributed by atoms with E-state index in [1.54, 1.807) is 0 Å². The van der Waals surface area contributed by atoms with E-state index in [0.717, 1.165) is 0 Å². The number of halogens is 4. The number of anilines is 1. The highest BCUT2D eigenvalue weighted by Gasteiger charge is 2.30. The van der Waals surface area contributed by atoms with Crippen molar-refractivity contribution in [1.29, 1.82) is 0 Å². The maximum absolute atomic E-state index is 13.7. The number of nitrogens with one attached hydrogen (secondary N) is 1. The van der Waals surface area contributed by atoms with Crippen LogP contribution in [0.3, 0.4) is 0 Å². The predicted molar refractivity (Wildman–Crippen MR) is 72.3 cm³/mol. The lowest BCUT2D eigenvalue weighted by molar-refractivity contribution is -0.126. The van der Waals surface area contributed by atoms with Gasteiger partial charge in [-0.05, 0) is 26.7 Å². The van der Waals surface area contributed by atoms with E-state index in [1.165, 1.54) is 4.90 Å². The first kappa shape index (κ1) is 16.5. The molecule has 0 radical (unpaired) electrons. The molecule has 0 bridgehead atoms. The maximum Gasteiger partial charge on any atom is 0.253 e. The third-order valence-corrected chi connectivity index (χ3v) is 3.59. The number of hydrogen-bond donors (Lipinski definition) is 1. The highest BCUT2D eigenvalue weighted by atomic mass is 19.2. The van der Waals surface area contributed by atoms with Gasteiger partial charge in [0.05, 0.1) is 0 Å². The van der Waals surface area contributed by atoms with Crippen LogP contribution in [0.2, 0.25) is 0 Å². The van der Waals surface area contributed by atoms with E-state index in [0.29, 0.717) is 12.8 Å². The lowest BCUT2D eigenvalue weighted by atomic mass is 9.95. The van der Waals surface area contributed by atoms with Gasteiger partial charge in [0, 0.05) is 25.0 Å². The zero-order valence-electron chi connectivity index (χ0n) is 12.3. The van der Waals surface area contributed by atoms with E-state index in [9.17, 15) is 22.4 Å². The minimum absolute atomic E-state index is 0.00353. The number of carbonyl (C=O) groups is 1. The van der Waals surface area contributed by atoms with E-state index < -0.39 is 29.2 Å². The molecule has 0 unspecified atom stereocenters. The van der Waals surface area contributed by atoms with Crippen molar-refractivity contribution in [1.82, 2.24) is 10.3 Å². The van der Waals surface area contributed by atoms with Crippen molar-refractivity contribution in [3.63, 3.8) is 0 Å². The molecular weight excluding hydrogens is 302 g/mol. The highest BCUT2D eigenvalue weighted by Crippen LogP contribution is 2.30. The zero-order chi connectivity index (χ0) is 16.4.